The van der Waals surface area contributed by atoms with Crippen molar-refractivity contribution in [2.24, 2.45) is 5.14 Å². The number of carbonyl (C=O) groups excluding carboxylic acids is 1. The van der Waals surface area contributed by atoms with E-state index >= 15 is 0 Å². The van der Waals surface area contributed by atoms with E-state index in [1.807, 2.05) is 0 Å². The third-order valence-corrected chi connectivity index (χ3v) is 3.99. The predicted molar refractivity (Wildman–Crippen MR) is 82.0 cm³/mol. The van der Waals surface area contributed by atoms with Crippen LogP contribution in [-0.2, 0) is 16.6 Å². The number of amides is 1. The molecule has 0 aliphatic carbocycles. The molecular formula is C15H16N2O4S. The maximum absolute atomic E-state index is 12.1. The molecule has 0 spiro atoms. The van der Waals surface area contributed by atoms with Crippen molar-refractivity contribution < 1.29 is 17.9 Å². The largest absolute Gasteiger partial charge is 0.496 e. The molecule has 6 nitrogen and oxygen atoms in total. The summed E-state index contributed by atoms with van der Waals surface area (Å²) in [6.07, 6.45) is 0. The summed E-state index contributed by atoms with van der Waals surface area (Å²) in [5, 5.41) is 7.77. The van der Waals surface area contributed by atoms with Crippen LogP contribution in [0.2, 0.25) is 0 Å². The lowest BCUT2D eigenvalue weighted by Crippen LogP contribution is -2.23. The van der Waals surface area contributed by atoms with E-state index in [0.29, 0.717) is 11.3 Å². The molecule has 0 aliphatic rings. The second kappa shape index (κ2) is 6.59. The molecule has 116 valence electrons. The summed E-state index contributed by atoms with van der Waals surface area (Å²) in [4.78, 5) is 12.2. The standard InChI is InChI=1S/C15H16N2O4S/c1-21-14-5-3-2-4-13(14)15(18)17-10-11-6-8-12(9-7-11)22(16,19)20/h2-9H,10H2,1H3,(H,17,18)(H2,16,19,20). The van der Waals surface area contributed by atoms with Crippen molar-refractivity contribution in [1.82, 2.24) is 5.32 Å². The van der Waals surface area contributed by atoms with Crippen LogP contribution >= 0.6 is 0 Å². The number of methoxy groups -OCH3 is 1. The third-order valence-electron chi connectivity index (χ3n) is 3.06. The van der Waals surface area contributed by atoms with Crippen LogP contribution in [0.3, 0.4) is 0 Å². The summed E-state index contributed by atoms with van der Waals surface area (Å²) < 4.78 is 27.5. The fraction of sp³-hybridized carbons (Fsp3) is 0.133. The van der Waals surface area contributed by atoms with Gasteiger partial charge in [0.1, 0.15) is 5.75 Å². The van der Waals surface area contributed by atoms with E-state index in [0.717, 1.165) is 5.56 Å². The molecule has 2 rings (SSSR count). The topological polar surface area (TPSA) is 98.5 Å². The zero-order valence-corrected chi connectivity index (χ0v) is 12.8. The molecule has 0 unspecified atom stereocenters. The first kappa shape index (κ1) is 16.0. The van der Waals surface area contributed by atoms with Crippen LogP contribution < -0.4 is 15.2 Å². The fourth-order valence-corrected chi connectivity index (χ4v) is 2.42. The molecule has 0 saturated carbocycles. The van der Waals surface area contributed by atoms with Gasteiger partial charge in [0.15, 0.2) is 0 Å². The third kappa shape index (κ3) is 3.84. The summed E-state index contributed by atoms with van der Waals surface area (Å²) in [5.74, 6) is 0.220. The summed E-state index contributed by atoms with van der Waals surface area (Å²) in [6.45, 7) is 0.266. The van der Waals surface area contributed by atoms with Crippen molar-refractivity contribution >= 4 is 15.9 Å². The quantitative estimate of drug-likeness (QED) is 0.866. The monoisotopic (exact) mass is 320 g/mol. The van der Waals surface area contributed by atoms with Gasteiger partial charge in [0.2, 0.25) is 10.0 Å². The van der Waals surface area contributed by atoms with Gasteiger partial charge in [0.05, 0.1) is 17.6 Å². The normalized spacial score (nSPS) is 11.0. The minimum Gasteiger partial charge on any atom is -0.496 e. The Kier molecular flexibility index (Phi) is 4.79. The molecule has 2 aromatic carbocycles. The number of nitrogens with two attached hydrogens (primary N) is 1. The van der Waals surface area contributed by atoms with E-state index in [9.17, 15) is 13.2 Å². The number of para-hydroxylation sites is 1. The molecule has 0 aromatic heterocycles. The van der Waals surface area contributed by atoms with Gasteiger partial charge in [-0.05, 0) is 29.8 Å². The van der Waals surface area contributed by atoms with Crippen LogP contribution in [0.5, 0.6) is 5.75 Å². The van der Waals surface area contributed by atoms with E-state index in [1.165, 1.54) is 19.2 Å². The molecule has 0 radical (unpaired) electrons. The zero-order chi connectivity index (χ0) is 16.2. The van der Waals surface area contributed by atoms with Crippen LogP contribution in [0.1, 0.15) is 15.9 Å². The maximum Gasteiger partial charge on any atom is 0.255 e. The van der Waals surface area contributed by atoms with Crippen molar-refractivity contribution in [3.05, 3.63) is 59.7 Å². The molecule has 0 atom stereocenters. The number of sulfonamides is 1. The molecule has 3 N–H and O–H groups in total. The average molecular weight is 320 g/mol. The molecule has 0 saturated heterocycles. The van der Waals surface area contributed by atoms with E-state index in [2.05, 4.69) is 5.32 Å². The number of nitrogens with one attached hydrogen (secondary N) is 1. The Labute approximate surface area is 129 Å². The number of benzene rings is 2. The van der Waals surface area contributed by atoms with Gasteiger partial charge >= 0.3 is 0 Å². The maximum atomic E-state index is 12.1. The lowest BCUT2D eigenvalue weighted by molar-refractivity contribution is 0.0948. The van der Waals surface area contributed by atoms with E-state index in [4.69, 9.17) is 9.88 Å². The van der Waals surface area contributed by atoms with E-state index in [1.54, 1.807) is 36.4 Å². The highest BCUT2D eigenvalue weighted by Crippen LogP contribution is 2.17. The Hall–Kier alpha value is -2.38. The van der Waals surface area contributed by atoms with Crippen LogP contribution in [-0.4, -0.2) is 21.4 Å². The lowest BCUT2D eigenvalue weighted by atomic mass is 10.1. The number of hydrogen-bond donors (Lipinski definition) is 2. The highest BCUT2D eigenvalue weighted by Gasteiger charge is 2.11. The molecule has 0 fully saturated rings. The predicted octanol–water partition coefficient (Wildman–Crippen LogP) is 1.27. The molecule has 0 bridgehead atoms. The summed E-state index contributed by atoms with van der Waals surface area (Å²) in [7, 11) is -2.21. The number of ether oxygens (including phenoxy) is 1. The van der Waals surface area contributed by atoms with Gasteiger partial charge in [-0.2, -0.15) is 0 Å². The Morgan fingerprint density at radius 3 is 2.36 bits per heavy atom. The first-order valence-electron chi connectivity index (χ1n) is 6.45. The molecule has 0 aliphatic heterocycles. The Balaban J connectivity index is 2.05. The second-order valence-electron chi connectivity index (χ2n) is 4.57. The van der Waals surface area contributed by atoms with Gasteiger partial charge in [0, 0.05) is 6.54 Å². The Morgan fingerprint density at radius 2 is 1.77 bits per heavy atom. The number of primary sulfonamides is 1. The van der Waals surface area contributed by atoms with Gasteiger partial charge in [-0.15, -0.1) is 0 Å². The van der Waals surface area contributed by atoms with E-state index < -0.39 is 10.0 Å². The minimum atomic E-state index is -3.71. The first-order valence-corrected chi connectivity index (χ1v) is 7.99. The van der Waals surface area contributed by atoms with Crippen LogP contribution in [0.4, 0.5) is 0 Å². The smallest absolute Gasteiger partial charge is 0.255 e. The van der Waals surface area contributed by atoms with Crippen LogP contribution in [0, 0.1) is 0 Å². The minimum absolute atomic E-state index is 0.0345. The Morgan fingerprint density at radius 1 is 1.14 bits per heavy atom. The molecule has 2 aromatic rings. The highest BCUT2D eigenvalue weighted by molar-refractivity contribution is 7.89. The lowest BCUT2D eigenvalue weighted by Gasteiger charge is -2.09. The van der Waals surface area contributed by atoms with Gasteiger partial charge in [0.25, 0.3) is 5.91 Å². The van der Waals surface area contributed by atoms with Crippen molar-refractivity contribution in [2.45, 2.75) is 11.4 Å². The van der Waals surface area contributed by atoms with Gasteiger partial charge < -0.3 is 10.1 Å². The molecule has 1 amide bonds. The van der Waals surface area contributed by atoms with E-state index in [-0.39, 0.29) is 17.3 Å². The number of rotatable bonds is 5. The Bertz CT molecular complexity index is 770. The molecular weight excluding hydrogens is 304 g/mol. The van der Waals surface area contributed by atoms with Crippen molar-refractivity contribution in [3.8, 4) is 5.75 Å². The van der Waals surface area contributed by atoms with Crippen LogP contribution in [0.25, 0.3) is 0 Å². The van der Waals surface area contributed by atoms with Crippen molar-refractivity contribution in [3.63, 3.8) is 0 Å². The molecule has 0 heterocycles. The summed E-state index contributed by atoms with van der Waals surface area (Å²) >= 11 is 0. The molecule has 22 heavy (non-hydrogen) atoms. The zero-order valence-electron chi connectivity index (χ0n) is 11.9. The van der Waals surface area contributed by atoms with Gasteiger partial charge in [-0.1, -0.05) is 24.3 Å². The van der Waals surface area contributed by atoms with Gasteiger partial charge in [-0.25, -0.2) is 13.6 Å². The highest BCUT2D eigenvalue weighted by atomic mass is 32.2. The fourth-order valence-electron chi connectivity index (χ4n) is 1.91. The summed E-state index contributed by atoms with van der Waals surface area (Å²) in [5.41, 5.74) is 1.20. The average Bonchev–Trinajstić information content (AvgIpc) is 2.52. The van der Waals surface area contributed by atoms with Crippen molar-refractivity contribution in [1.29, 1.82) is 0 Å². The SMILES string of the molecule is COc1ccccc1C(=O)NCc1ccc(S(N)(=O)=O)cc1. The summed E-state index contributed by atoms with van der Waals surface area (Å²) in [6, 6.07) is 12.9. The van der Waals surface area contributed by atoms with Gasteiger partial charge in [-0.3, -0.25) is 4.79 Å². The van der Waals surface area contributed by atoms with Crippen molar-refractivity contribution in [2.75, 3.05) is 7.11 Å². The van der Waals surface area contributed by atoms with Crippen LogP contribution in [0.15, 0.2) is 53.4 Å². The second-order valence-corrected chi connectivity index (χ2v) is 6.13. The molecule has 7 heteroatoms. The first-order chi connectivity index (χ1) is 10.4. The number of hydrogen-bond acceptors (Lipinski definition) is 4. The number of carbonyl (C=O) groups is 1.